The average Bonchev–Trinajstić information content (AvgIpc) is 2.38. The van der Waals surface area contributed by atoms with Crippen LogP contribution in [0.25, 0.3) is 0 Å². The lowest BCUT2D eigenvalue weighted by atomic mass is 10.1. The van der Waals surface area contributed by atoms with Gasteiger partial charge in [-0.15, -0.1) is 0 Å². The molecule has 4 nitrogen and oxygen atoms in total. The Bertz CT molecular complexity index is 462. The van der Waals surface area contributed by atoms with Crippen LogP contribution in [0.1, 0.15) is 24.0 Å². The highest BCUT2D eigenvalue weighted by atomic mass is 79.9. The topological polar surface area (TPSA) is 50.4 Å². The van der Waals surface area contributed by atoms with Gasteiger partial charge in [-0.2, -0.15) is 0 Å². The lowest BCUT2D eigenvalue weighted by Gasteiger charge is -2.23. The fourth-order valence-corrected chi connectivity index (χ4v) is 3.24. The van der Waals surface area contributed by atoms with Crippen molar-refractivity contribution in [3.63, 3.8) is 0 Å². The van der Waals surface area contributed by atoms with Crippen molar-refractivity contribution in [2.45, 2.75) is 32.7 Å². The Morgan fingerprint density at radius 3 is 2.70 bits per heavy atom. The molecule has 0 saturated carbocycles. The van der Waals surface area contributed by atoms with Crippen molar-refractivity contribution in [3.05, 3.63) is 27.7 Å². The second kappa shape index (κ2) is 7.09. The highest BCUT2D eigenvalue weighted by molar-refractivity contribution is 9.10. The zero-order valence-corrected chi connectivity index (χ0v) is 13.5. The summed E-state index contributed by atoms with van der Waals surface area (Å²) in [6, 6.07) is 4.40. The summed E-state index contributed by atoms with van der Waals surface area (Å²) in [6.45, 7) is 5.86. The van der Waals surface area contributed by atoms with E-state index >= 15 is 0 Å². The van der Waals surface area contributed by atoms with E-state index in [0.29, 0.717) is 6.54 Å². The Morgan fingerprint density at radius 2 is 2.05 bits per heavy atom. The second-order valence-electron chi connectivity index (χ2n) is 5.25. The molecule has 110 valence electrons. The minimum absolute atomic E-state index is 0.0313. The summed E-state index contributed by atoms with van der Waals surface area (Å²) >= 11 is 3.54. The Kier molecular flexibility index (Phi) is 5.43. The first-order valence-electron chi connectivity index (χ1n) is 6.94. The molecule has 0 aromatic heterocycles. The third-order valence-corrected chi connectivity index (χ3v) is 4.07. The summed E-state index contributed by atoms with van der Waals surface area (Å²) in [5.41, 5.74) is 3.32. The van der Waals surface area contributed by atoms with Crippen LogP contribution in [-0.4, -0.2) is 31.7 Å². The number of carbonyl (C=O) groups excluding carboxylic acids is 1. The second-order valence-corrected chi connectivity index (χ2v) is 6.10. The van der Waals surface area contributed by atoms with Crippen molar-refractivity contribution in [3.8, 4) is 0 Å². The number of nitrogens with one attached hydrogen (secondary N) is 2. The normalized spacial score (nSPS) is 15.9. The molecule has 0 bridgehead atoms. The van der Waals surface area contributed by atoms with E-state index in [4.69, 9.17) is 4.74 Å². The number of hydrogen-bond donors (Lipinski definition) is 2. The fourth-order valence-electron chi connectivity index (χ4n) is 2.43. The number of carbonyl (C=O) groups is 1. The van der Waals surface area contributed by atoms with Crippen molar-refractivity contribution in [1.29, 1.82) is 0 Å². The van der Waals surface area contributed by atoms with E-state index in [2.05, 4.69) is 39.6 Å². The minimum Gasteiger partial charge on any atom is -0.381 e. The molecule has 1 heterocycles. The summed E-state index contributed by atoms with van der Waals surface area (Å²) in [6.07, 6.45) is 1.80. The van der Waals surface area contributed by atoms with E-state index in [9.17, 15) is 4.79 Å². The first-order chi connectivity index (χ1) is 9.56. The SMILES string of the molecule is Cc1cc(C)c(NCC(=O)NC2CCOCC2)c(Br)c1. The van der Waals surface area contributed by atoms with Crippen molar-refractivity contribution < 1.29 is 9.53 Å². The van der Waals surface area contributed by atoms with Gasteiger partial charge in [0.1, 0.15) is 0 Å². The molecule has 0 atom stereocenters. The van der Waals surface area contributed by atoms with Crippen molar-refractivity contribution >= 4 is 27.5 Å². The van der Waals surface area contributed by atoms with Gasteiger partial charge in [-0.1, -0.05) is 6.07 Å². The standard InChI is InChI=1S/C15H21BrN2O2/c1-10-7-11(2)15(13(16)8-10)17-9-14(19)18-12-3-5-20-6-4-12/h7-8,12,17H,3-6,9H2,1-2H3,(H,18,19). The molecule has 1 aliphatic heterocycles. The molecule has 1 aromatic carbocycles. The number of ether oxygens (including phenoxy) is 1. The number of aryl methyl sites for hydroxylation is 2. The van der Waals surface area contributed by atoms with Crippen LogP contribution in [0.3, 0.4) is 0 Å². The van der Waals surface area contributed by atoms with Gasteiger partial charge < -0.3 is 15.4 Å². The Balaban J connectivity index is 1.87. The molecule has 1 amide bonds. The summed E-state index contributed by atoms with van der Waals surface area (Å²) in [5, 5.41) is 6.25. The van der Waals surface area contributed by atoms with Gasteiger partial charge in [-0.25, -0.2) is 0 Å². The number of halogens is 1. The Hall–Kier alpha value is -1.07. The number of benzene rings is 1. The van der Waals surface area contributed by atoms with Gasteiger partial charge in [0.15, 0.2) is 0 Å². The Labute approximate surface area is 128 Å². The molecule has 0 spiro atoms. The van der Waals surface area contributed by atoms with Gasteiger partial charge in [-0.05, 0) is 59.8 Å². The van der Waals surface area contributed by atoms with Gasteiger partial charge in [0, 0.05) is 23.7 Å². The maximum Gasteiger partial charge on any atom is 0.239 e. The van der Waals surface area contributed by atoms with Crippen LogP contribution < -0.4 is 10.6 Å². The number of amides is 1. The van der Waals surface area contributed by atoms with Crippen LogP contribution in [0.15, 0.2) is 16.6 Å². The zero-order chi connectivity index (χ0) is 14.5. The smallest absolute Gasteiger partial charge is 0.239 e. The molecule has 2 N–H and O–H groups in total. The molecule has 1 aromatic rings. The third-order valence-electron chi connectivity index (χ3n) is 3.44. The molecule has 1 saturated heterocycles. The van der Waals surface area contributed by atoms with E-state index in [-0.39, 0.29) is 11.9 Å². The molecule has 0 aliphatic carbocycles. The quantitative estimate of drug-likeness (QED) is 0.885. The lowest BCUT2D eigenvalue weighted by Crippen LogP contribution is -2.41. The summed E-state index contributed by atoms with van der Waals surface area (Å²) in [7, 11) is 0. The van der Waals surface area contributed by atoms with E-state index < -0.39 is 0 Å². The first kappa shape index (κ1) is 15.3. The average molecular weight is 341 g/mol. The van der Waals surface area contributed by atoms with Crippen LogP contribution in [0.5, 0.6) is 0 Å². The molecular weight excluding hydrogens is 320 g/mol. The molecule has 1 aliphatic rings. The molecule has 0 radical (unpaired) electrons. The monoisotopic (exact) mass is 340 g/mol. The molecular formula is C15H21BrN2O2. The highest BCUT2D eigenvalue weighted by Crippen LogP contribution is 2.27. The molecule has 20 heavy (non-hydrogen) atoms. The van der Waals surface area contributed by atoms with Gasteiger partial charge in [0.2, 0.25) is 5.91 Å². The maximum absolute atomic E-state index is 11.9. The number of hydrogen-bond acceptors (Lipinski definition) is 3. The van der Waals surface area contributed by atoms with Crippen LogP contribution in [0, 0.1) is 13.8 Å². The number of rotatable bonds is 4. The van der Waals surface area contributed by atoms with E-state index in [0.717, 1.165) is 41.8 Å². The van der Waals surface area contributed by atoms with Crippen LogP contribution >= 0.6 is 15.9 Å². The number of anilines is 1. The summed E-state index contributed by atoms with van der Waals surface area (Å²) in [4.78, 5) is 11.9. The van der Waals surface area contributed by atoms with Crippen LogP contribution in [-0.2, 0) is 9.53 Å². The van der Waals surface area contributed by atoms with E-state index in [1.807, 2.05) is 13.0 Å². The lowest BCUT2D eigenvalue weighted by molar-refractivity contribution is -0.120. The van der Waals surface area contributed by atoms with E-state index in [1.54, 1.807) is 0 Å². The zero-order valence-electron chi connectivity index (χ0n) is 12.0. The maximum atomic E-state index is 11.9. The third kappa shape index (κ3) is 4.21. The molecule has 5 heteroatoms. The van der Waals surface area contributed by atoms with E-state index in [1.165, 1.54) is 5.56 Å². The van der Waals surface area contributed by atoms with Crippen LogP contribution in [0.2, 0.25) is 0 Å². The molecule has 0 unspecified atom stereocenters. The predicted octanol–water partition coefficient (Wildman–Crippen LogP) is 2.77. The predicted molar refractivity (Wildman–Crippen MR) is 84.1 cm³/mol. The van der Waals surface area contributed by atoms with Gasteiger partial charge in [0.05, 0.1) is 12.2 Å². The van der Waals surface area contributed by atoms with Gasteiger partial charge in [0.25, 0.3) is 0 Å². The summed E-state index contributed by atoms with van der Waals surface area (Å²) in [5.74, 6) is 0.0313. The van der Waals surface area contributed by atoms with Crippen molar-refractivity contribution in [1.82, 2.24) is 5.32 Å². The fraction of sp³-hybridized carbons (Fsp3) is 0.533. The van der Waals surface area contributed by atoms with Gasteiger partial charge in [-0.3, -0.25) is 4.79 Å². The molecule has 1 fully saturated rings. The first-order valence-corrected chi connectivity index (χ1v) is 7.73. The highest BCUT2D eigenvalue weighted by Gasteiger charge is 2.16. The Morgan fingerprint density at radius 1 is 1.35 bits per heavy atom. The largest absolute Gasteiger partial charge is 0.381 e. The van der Waals surface area contributed by atoms with Crippen molar-refractivity contribution in [2.24, 2.45) is 0 Å². The summed E-state index contributed by atoms with van der Waals surface area (Å²) < 4.78 is 6.27. The molecule has 2 rings (SSSR count). The minimum atomic E-state index is 0.0313. The van der Waals surface area contributed by atoms with Gasteiger partial charge >= 0.3 is 0 Å². The van der Waals surface area contributed by atoms with Crippen LogP contribution in [0.4, 0.5) is 5.69 Å². The van der Waals surface area contributed by atoms with Crippen molar-refractivity contribution in [2.75, 3.05) is 25.1 Å².